The van der Waals surface area contributed by atoms with Crippen LogP contribution in [0.3, 0.4) is 0 Å². The fourth-order valence-electron chi connectivity index (χ4n) is 1.50. The minimum atomic E-state index is -4.56. The third-order valence-electron chi connectivity index (χ3n) is 2.27. The van der Waals surface area contributed by atoms with Gasteiger partial charge in [0, 0.05) is 9.13 Å². The zero-order chi connectivity index (χ0) is 12.6. The Kier molecular flexibility index (Phi) is 3.60. The average Bonchev–Trinajstić information content (AvgIpc) is 2.72. The van der Waals surface area contributed by atoms with E-state index < -0.39 is 23.8 Å². The molecule has 0 unspecified atom stereocenters. The number of ether oxygens (including phenoxy) is 2. The molecule has 0 spiro atoms. The van der Waals surface area contributed by atoms with E-state index in [1.54, 1.807) is 0 Å². The number of halogens is 5. The van der Waals surface area contributed by atoms with Crippen molar-refractivity contribution < 1.29 is 27.0 Å². The maximum absolute atomic E-state index is 13.5. The van der Waals surface area contributed by atoms with Crippen LogP contribution in [0, 0.1) is 9.39 Å². The summed E-state index contributed by atoms with van der Waals surface area (Å²) in [6, 6.07) is 1.58. The first-order valence-electron chi connectivity index (χ1n) is 4.69. The first-order valence-corrected chi connectivity index (χ1v) is 5.77. The van der Waals surface area contributed by atoms with Gasteiger partial charge in [-0.1, -0.05) is 0 Å². The molecular formula is C10H7F4IO2. The fourth-order valence-corrected chi connectivity index (χ4v) is 2.30. The van der Waals surface area contributed by atoms with E-state index in [1.165, 1.54) is 22.6 Å². The Morgan fingerprint density at radius 3 is 2.29 bits per heavy atom. The van der Waals surface area contributed by atoms with Gasteiger partial charge in [0.1, 0.15) is 5.82 Å². The lowest BCUT2D eigenvalue weighted by molar-refractivity contribution is -0.138. The third-order valence-corrected chi connectivity index (χ3v) is 3.16. The quantitative estimate of drug-likeness (QED) is 0.563. The van der Waals surface area contributed by atoms with Crippen LogP contribution in [-0.4, -0.2) is 13.2 Å². The molecule has 0 radical (unpaired) electrons. The average molecular weight is 362 g/mol. The molecule has 1 aromatic carbocycles. The zero-order valence-corrected chi connectivity index (χ0v) is 10.5. The van der Waals surface area contributed by atoms with Crippen molar-refractivity contribution in [2.75, 3.05) is 13.2 Å². The van der Waals surface area contributed by atoms with Crippen LogP contribution in [0.4, 0.5) is 17.6 Å². The van der Waals surface area contributed by atoms with Gasteiger partial charge in [0.15, 0.2) is 6.29 Å². The van der Waals surface area contributed by atoms with Crippen molar-refractivity contribution >= 4 is 22.6 Å². The normalized spacial score (nSPS) is 17.7. The first-order chi connectivity index (χ1) is 7.89. The molecule has 1 aromatic rings. The maximum Gasteiger partial charge on any atom is 0.417 e. The molecule has 2 nitrogen and oxygen atoms in total. The first kappa shape index (κ1) is 13.0. The summed E-state index contributed by atoms with van der Waals surface area (Å²) in [5.41, 5.74) is -0.989. The number of rotatable bonds is 1. The number of benzene rings is 1. The second-order valence-corrected chi connectivity index (χ2v) is 4.59. The van der Waals surface area contributed by atoms with Gasteiger partial charge in [-0.05, 0) is 34.7 Å². The molecule has 0 atom stereocenters. The summed E-state index contributed by atoms with van der Waals surface area (Å²) in [7, 11) is 0. The van der Waals surface area contributed by atoms with Crippen LogP contribution in [0.15, 0.2) is 12.1 Å². The Balaban J connectivity index is 2.41. The van der Waals surface area contributed by atoms with Crippen molar-refractivity contribution in [1.82, 2.24) is 0 Å². The predicted octanol–water partition coefficient (Wildman–Crippen LogP) is 3.49. The van der Waals surface area contributed by atoms with Crippen LogP contribution in [0.25, 0.3) is 0 Å². The molecular weight excluding hydrogens is 355 g/mol. The lowest BCUT2D eigenvalue weighted by Crippen LogP contribution is -2.11. The van der Waals surface area contributed by atoms with Gasteiger partial charge in [0.25, 0.3) is 0 Å². The van der Waals surface area contributed by atoms with Crippen molar-refractivity contribution in [2.24, 2.45) is 0 Å². The number of alkyl halides is 3. The largest absolute Gasteiger partial charge is 0.417 e. The minimum Gasteiger partial charge on any atom is -0.346 e. The van der Waals surface area contributed by atoms with Crippen molar-refractivity contribution in [3.05, 3.63) is 32.6 Å². The Morgan fingerprint density at radius 2 is 1.76 bits per heavy atom. The molecule has 94 valence electrons. The summed E-state index contributed by atoms with van der Waals surface area (Å²) in [4.78, 5) is 0. The Labute approximate surface area is 108 Å². The van der Waals surface area contributed by atoms with Gasteiger partial charge >= 0.3 is 6.18 Å². The van der Waals surface area contributed by atoms with Crippen molar-refractivity contribution in [1.29, 1.82) is 0 Å². The van der Waals surface area contributed by atoms with Crippen LogP contribution >= 0.6 is 22.6 Å². The van der Waals surface area contributed by atoms with Crippen LogP contribution in [0.2, 0.25) is 0 Å². The van der Waals surface area contributed by atoms with E-state index >= 15 is 0 Å². The van der Waals surface area contributed by atoms with Crippen molar-refractivity contribution in [2.45, 2.75) is 12.5 Å². The Morgan fingerprint density at radius 1 is 1.18 bits per heavy atom. The molecule has 1 fully saturated rings. The van der Waals surface area contributed by atoms with Gasteiger partial charge in [-0.15, -0.1) is 0 Å². The van der Waals surface area contributed by atoms with E-state index in [-0.39, 0.29) is 9.13 Å². The highest BCUT2D eigenvalue weighted by Crippen LogP contribution is 2.36. The van der Waals surface area contributed by atoms with Gasteiger partial charge in [0.05, 0.1) is 18.8 Å². The lowest BCUT2D eigenvalue weighted by atomic mass is 10.1. The summed E-state index contributed by atoms with van der Waals surface area (Å²) >= 11 is 1.52. The van der Waals surface area contributed by atoms with Crippen molar-refractivity contribution in [3.8, 4) is 0 Å². The molecule has 1 aliphatic rings. The second-order valence-electron chi connectivity index (χ2n) is 3.42. The number of hydrogen-bond donors (Lipinski definition) is 0. The molecule has 17 heavy (non-hydrogen) atoms. The zero-order valence-electron chi connectivity index (χ0n) is 8.35. The maximum atomic E-state index is 13.5. The Hall–Kier alpha value is -0.410. The highest BCUT2D eigenvalue weighted by Gasteiger charge is 2.35. The van der Waals surface area contributed by atoms with E-state index in [0.29, 0.717) is 19.3 Å². The van der Waals surface area contributed by atoms with Crippen LogP contribution < -0.4 is 0 Å². The molecule has 0 bridgehead atoms. The highest BCUT2D eigenvalue weighted by atomic mass is 127. The molecule has 0 saturated carbocycles. The van der Waals surface area contributed by atoms with Crippen LogP contribution in [0.5, 0.6) is 0 Å². The second kappa shape index (κ2) is 4.69. The molecule has 1 saturated heterocycles. The molecule has 7 heteroatoms. The molecule has 0 aliphatic carbocycles. The minimum absolute atomic E-state index is 0.0000926. The van der Waals surface area contributed by atoms with E-state index in [2.05, 4.69) is 0 Å². The van der Waals surface area contributed by atoms with Gasteiger partial charge in [0.2, 0.25) is 0 Å². The molecule has 1 aliphatic heterocycles. The number of hydrogen-bond acceptors (Lipinski definition) is 2. The van der Waals surface area contributed by atoms with E-state index in [4.69, 9.17) is 9.47 Å². The third kappa shape index (κ3) is 2.71. The fraction of sp³-hybridized carbons (Fsp3) is 0.400. The van der Waals surface area contributed by atoms with Gasteiger partial charge in [-0.2, -0.15) is 13.2 Å². The summed E-state index contributed by atoms with van der Waals surface area (Å²) < 4.78 is 61.1. The highest BCUT2D eigenvalue weighted by molar-refractivity contribution is 14.1. The smallest absolute Gasteiger partial charge is 0.346 e. The monoisotopic (exact) mass is 362 g/mol. The van der Waals surface area contributed by atoms with E-state index in [0.717, 1.165) is 6.07 Å². The summed E-state index contributed by atoms with van der Waals surface area (Å²) in [5, 5.41) is 0. The van der Waals surface area contributed by atoms with Gasteiger partial charge in [-0.25, -0.2) is 4.39 Å². The molecule has 2 rings (SSSR count). The summed E-state index contributed by atoms with van der Waals surface area (Å²) in [6.07, 6.45) is -5.47. The van der Waals surface area contributed by atoms with Crippen LogP contribution in [-0.2, 0) is 15.7 Å². The van der Waals surface area contributed by atoms with Crippen molar-refractivity contribution in [3.63, 3.8) is 0 Å². The van der Waals surface area contributed by atoms with Gasteiger partial charge in [-0.3, -0.25) is 0 Å². The molecule has 0 amide bonds. The summed E-state index contributed by atoms with van der Waals surface area (Å²) in [6.45, 7) is 0.614. The topological polar surface area (TPSA) is 18.5 Å². The SMILES string of the molecule is Fc1cc(C(F)(F)F)c(I)cc1C1OCCO1. The molecule has 1 heterocycles. The Bertz CT molecular complexity index is 427. The van der Waals surface area contributed by atoms with Crippen LogP contribution in [0.1, 0.15) is 17.4 Å². The standard InChI is InChI=1S/C10H7F4IO2/c11-7-4-6(10(12,13)14)8(15)3-5(7)9-16-1-2-17-9/h3-4,9H,1-2H2. The van der Waals surface area contributed by atoms with E-state index in [9.17, 15) is 17.6 Å². The van der Waals surface area contributed by atoms with Gasteiger partial charge < -0.3 is 9.47 Å². The summed E-state index contributed by atoms with van der Waals surface area (Å²) in [5.74, 6) is -0.968. The predicted molar refractivity (Wildman–Crippen MR) is 58.8 cm³/mol. The molecule has 0 aromatic heterocycles. The molecule has 0 N–H and O–H groups in total. The lowest BCUT2D eigenvalue weighted by Gasteiger charge is -2.14. The van der Waals surface area contributed by atoms with E-state index in [1.807, 2.05) is 0 Å².